The van der Waals surface area contributed by atoms with E-state index in [2.05, 4.69) is 0 Å². The van der Waals surface area contributed by atoms with Gasteiger partial charge in [-0.15, -0.1) is 11.3 Å². The lowest BCUT2D eigenvalue weighted by Crippen LogP contribution is -2.30. The first-order valence-corrected chi connectivity index (χ1v) is 5.12. The van der Waals surface area contributed by atoms with Gasteiger partial charge in [0.1, 0.15) is 0 Å². The van der Waals surface area contributed by atoms with Crippen molar-refractivity contribution in [2.45, 2.75) is 32.2 Å². The standard InChI is InChI=1S/C9H13F2NS/c1-2-6-3-4-13-8(6)5-7(12)9(10)11/h3-4,7,9H,2,5,12H2,1H3. The first-order valence-electron chi connectivity index (χ1n) is 4.24. The number of hydrogen-bond acceptors (Lipinski definition) is 2. The number of rotatable bonds is 4. The second kappa shape index (κ2) is 4.67. The normalized spacial score (nSPS) is 13.6. The van der Waals surface area contributed by atoms with Crippen molar-refractivity contribution < 1.29 is 8.78 Å². The van der Waals surface area contributed by atoms with E-state index in [1.54, 1.807) is 0 Å². The maximum atomic E-state index is 12.1. The molecule has 0 saturated heterocycles. The second-order valence-electron chi connectivity index (χ2n) is 2.93. The fourth-order valence-electron chi connectivity index (χ4n) is 1.16. The van der Waals surface area contributed by atoms with Crippen LogP contribution in [0.2, 0.25) is 0 Å². The van der Waals surface area contributed by atoms with Gasteiger partial charge in [-0.3, -0.25) is 0 Å². The van der Waals surface area contributed by atoms with Gasteiger partial charge in [0.25, 0.3) is 6.43 Å². The molecule has 1 heterocycles. The van der Waals surface area contributed by atoms with Crippen molar-refractivity contribution in [2.75, 3.05) is 0 Å². The molecule has 4 heteroatoms. The van der Waals surface area contributed by atoms with Crippen LogP contribution in [0.5, 0.6) is 0 Å². The number of halogens is 2. The van der Waals surface area contributed by atoms with Crippen LogP contribution in [0.1, 0.15) is 17.4 Å². The minimum absolute atomic E-state index is 0.290. The number of hydrogen-bond donors (Lipinski definition) is 1. The largest absolute Gasteiger partial charge is 0.323 e. The third kappa shape index (κ3) is 2.74. The van der Waals surface area contributed by atoms with Crippen molar-refractivity contribution in [3.8, 4) is 0 Å². The summed E-state index contributed by atoms with van der Waals surface area (Å²) in [5, 5.41) is 1.92. The van der Waals surface area contributed by atoms with Crippen LogP contribution >= 0.6 is 11.3 Å². The molecule has 0 radical (unpaired) electrons. The molecule has 74 valence electrons. The highest BCUT2D eigenvalue weighted by molar-refractivity contribution is 7.10. The number of alkyl halides is 2. The van der Waals surface area contributed by atoms with Gasteiger partial charge in [0.15, 0.2) is 0 Å². The third-order valence-corrected chi connectivity index (χ3v) is 2.95. The summed E-state index contributed by atoms with van der Waals surface area (Å²) in [6, 6.07) is 0.946. The number of aryl methyl sites for hydroxylation is 1. The average molecular weight is 205 g/mol. The Morgan fingerprint density at radius 3 is 2.77 bits per heavy atom. The molecule has 0 saturated carbocycles. The quantitative estimate of drug-likeness (QED) is 0.802. The molecular formula is C9H13F2NS. The maximum Gasteiger partial charge on any atom is 0.253 e. The Labute approximate surface area is 80.6 Å². The van der Waals surface area contributed by atoms with Gasteiger partial charge in [0.05, 0.1) is 6.04 Å². The predicted molar refractivity (Wildman–Crippen MR) is 51.4 cm³/mol. The average Bonchev–Trinajstić information content (AvgIpc) is 2.51. The molecule has 1 nitrogen and oxygen atoms in total. The summed E-state index contributed by atoms with van der Waals surface area (Å²) in [6.45, 7) is 2.01. The number of thiophene rings is 1. The molecule has 1 aromatic heterocycles. The van der Waals surface area contributed by atoms with Crippen LogP contribution in [0.3, 0.4) is 0 Å². The molecule has 0 fully saturated rings. The molecule has 1 unspecified atom stereocenters. The molecule has 1 aromatic rings. The highest BCUT2D eigenvalue weighted by Gasteiger charge is 2.17. The van der Waals surface area contributed by atoms with E-state index >= 15 is 0 Å². The molecule has 0 aromatic carbocycles. The molecule has 1 rings (SSSR count). The van der Waals surface area contributed by atoms with E-state index in [0.717, 1.165) is 16.9 Å². The lowest BCUT2D eigenvalue weighted by atomic mass is 10.1. The summed E-state index contributed by atoms with van der Waals surface area (Å²) in [7, 11) is 0. The monoisotopic (exact) mass is 205 g/mol. The summed E-state index contributed by atoms with van der Waals surface area (Å²) < 4.78 is 24.3. The van der Waals surface area contributed by atoms with Crippen molar-refractivity contribution in [3.05, 3.63) is 21.9 Å². The van der Waals surface area contributed by atoms with Gasteiger partial charge in [-0.05, 0) is 23.4 Å². The zero-order valence-electron chi connectivity index (χ0n) is 7.47. The van der Waals surface area contributed by atoms with E-state index in [1.807, 2.05) is 18.4 Å². The maximum absolute atomic E-state index is 12.1. The third-order valence-electron chi connectivity index (χ3n) is 1.96. The van der Waals surface area contributed by atoms with Gasteiger partial charge in [0.2, 0.25) is 0 Å². The van der Waals surface area contributed by atoms with E-state index in [1.165, 1.54) is 11.3 Å². The fraction of sp³-hybridized carbons (Fsp3) is 0.556. The highest BCUT2D eigenvalue weighted by atomic mass is 32.1. The van der Waals surface area contributed by atoms with E-state index in [9.17, 15) is 8.78 Å². The van der Waals surface area contributed by atoms with Crippen LogP contribution in [0, 0.1) is 0 Å². The second-order valence-corrected chi connectivity index (χ2v) is 3.93. The summed E-state index contributed by atoms with van der Waals surface area (Å²) in [6.07, 6.45) is -1.25. The van der Waals surface area contributed by atoms with E-state index in [-0.39, 0.29) is 0 Å². The van der Waals surface area contributed by atoms with Gasteiger partial charge in [0, 0.05) is 11.3 Å². The van der Waals surface area contributed by atoms with Crippen LogP contribution in [-0.2, 0) is 12.8 Å². The van der Waals surface area contributed by atoms with Gasteiger partial charge in [-0.25, -0.2) is 8.78 Å². The van der Waals surface area contributed by atoms with Crippen LogP contribution in [-0.4, -0.2) is 12.5 Å². The zero-order chi connectivity index (χ0) is 9.84. The SMILES string of the molecule is CCc1ccsc1CC(N)C(F)F. The minimum atomic E-state index is -2.42. The van der Waals surface area contributed by atoms with E-state index in [0.29, 0.717) is 6.42 Å². The minimum Gasteiger partial charge on any atom is -0.323 e. The Morgan fingerprint density at radius 2 is 2.23 bits per heavy atom. The zero-order valence-corrected chi connectivity index (χ0v) is 8.28. The van der Waals surface area contributed by atoms with Crippen LogP contribution in [0.25, 0.3) is 0 Å². The van der Waals surface area contributed by atoms with E-state index < -0.39 is 12.5 Å². The van der Waals surface area contributed by atoms with Crippen LogP contribution in [0.15, 0.2) is 11.4 Å². The predicted octanol–water partition coefficient (Wildman–Crippen LogP) is 2.45. The first kappa shape index (κ1) is 10.6. The van der Waals surface area contributed by atoms with E-state index in [4.69, 9.17) is 5.73 Å². The summed E-state index contributed by atoms with van der Waals surface area (Å²) in [5.41, 5.74) is 6.43. The Balaban J connectivity index is 2.62. The molecular weight excluding hydrogens is 192 g/mol. The van der Waals surface area contributed by atoms with Crippen LogP contribution < -0.4 is 5.73 Å². The molecule has 2 N–H and O–H groups in total. The Kier molecular flexibility index (Phi) is 3.81. The van der Waals surface area contributed by atoms with Crippen molar-refractivity contribution in [1.82, 2.24) is 0 Å². The van der Waals surface area contributed by atoms with Crippen molar-refractivity contribution in [3.63, 3.8) is 0 Å². The molecule has 13 heavy (non-hydrogen) atoms. The molecule has 0 bridgehead atoms. The molecule has 0 spiro atoms. The van der Waals surface area contributed by atoms with Crippen molar-refractivity contribution >= 4 is 11.3 Å². The summed E-state index contributed by atoms with van der Waals surface area (Å²) in [4.78, 5) is 0.996. The highest BCUT2D eigenvalue weighted by Crippen LogP contribution is 2.20. The van der Waals surface area contributed by atoms with Gasteiger partial charge in [-0.2, -0.15) is 0 Å². The van der Waals surface area contributed by atoms with Crippen LogP contribution in [0.4, 0.5) is 8.78 Å². The Morgan fingerprint density at radius 1 is 1.54 bits per heavy atom. The molecule has 0 aliphatic carbocycles. The Bertz CT molecular complexity index is 260. The lowest BCUT2D eigenvalue weighted by Gasteiger charge is -2.09. The number of nitrogens with two attached hydrogens (primary N) is 1. The smallest absolute Gasteiger partial charge is 0.253 e. The van der Waals surface area contributed by atoms with Gasteiger partial charge in [-0.1, -0.05) is 6.92 Å². The molecule has 0 aliphatic rings. The van der Waals surface area contributed by atoms with Crippen molar-refractivity contribution in [1.29, 1.82) is 0 Å². The molecule has 0 aliphatic heterocycles. The summed E-state index contributed by atoms with van der Waals surface area (Å²) in [5.74, 6) is 0. The van der Waals surface area contributed by atoms with Gasteiger partial charge >= 0.3 is 0 Å². The molecule has 1 atom stereocenters. The van der Waals surface area contributed by atoms with Gasteiger partial charge < -0.3 is 5.73 Å². The molecule has 0 amide bonds. The summed E-state index contributed by atoms with van der Waals surface area (Å²) >= 11 is 1.51. The fourth-order valence-corrected chi connectivity index (χ4v) is 2.21. The Hall–Kier alpha value is -0.480. The van der Waals surface area contributed by atoms with Crippen molar-refractivity contribution in [2.24, 2.45) is 5.73 Å². The lowest BCUT2D eigenvalue weighted by molar-refractivity contribution is 0.116. The first-order chi connectivity index (χ1) is 6.15. The topological polar surface area (TPSA) is 26.0 Å².